The Bertz CT molecular complexity index is 1070. The van der Waals surface area contributed by atoms with Gasteiger partial charge >= 0.3 is 6.18 Å². The second-order valence-electron chi connectivity index (χ2n) is 6.78. The van der Waals surface area contributed by atoms with Gasteiger partial charge in [-0.05, 0) is 49.2 Å². The van der Waals surface area contributed by atoms with Crippen molar-refractivity contribution >= 4 is 52.1 Å². The molecule has 0 aromatic heterocycles. The van der Waals surface area contributed by atoms with Gasteiger partial charge in [0.25, 0.3) is 0 Å². The topological polar surface area (TPSA) is 36.4 Å². The van der Waals surface area contributed by atoms with E-state index in [2.05, 4.69) is 27.5 Å². The van der Waals surface area contributed by atoms with Crippen molar-refractivity contribution in [1.29, 1.82) is 0 Å². The molecule has 1 saturated carbocycles. The Kier molecular flexibility index (Phi) is 5.10. The first-order valence-corrected chi connectivity index (χ1v) is 9.80. The molecule has 1 aliphatic carbocycles. The molecule has 3 nitrogen and oxygen atoms in total. The molecule has 29 heavy (non-hydrogen) atoms. The van der Waals surface area contributed by atoms with Crippen LogP contribution in [0.5, 0.6) is 0 Å². The summed E-state index contributed by atoms with van der Waals surface area (Å²) in [6.07, 6.45) is -3.18. The Morgan fingerprint density at radius 1 is 1.07 bits per heavy atom. The maximum Gasteiger partial charge on any atom is 0.429 e. The molecule has 150 valence electrons. The second kappa shape index (κ2) is 7.32. The van der Waals surface area contributed by atoms with Crippen molar-refractivity contribution in [3.05, 3.63) is 57.0 Å². The second-order valence-corrected chi connectivity index (χ2v) is 8.03. The number of alkyl halides is 3. The van der Waals surface area contributed by atoms with Gasteiger partial charge in [0.05, 0.1) is 10.0 Å². The molecule has 0 radical (unpaired) electrons. The zero-order chi connectivity index (χ0) is 20.8. The summed E-state index contributed by atoms with van der Waals surface area (Å²) in [6.45, 7) is 0. The maximum atomic E-state index is 14.4. The lowest BCUT2D eigenvalue weighted by atomic mass is 9.87. The van der Waals surface area contributed by atoms with E-state index in [0.717, 1.165) is 12.8 Å². The fourth-order valence-corrected chi connectivity index (χ4v) is 3.36. The summed E-state index contributed by atoms with van der Waals surface area (Å²) >= 11 is 17.9. The number of anilines is 2. The fraction of sp³-hybridized carbons (Fsp3) is 0.250. The van der Waals surface area contributed by atoms with E-state index < -0.39 is 11.7 Å². The lowest BCUT2D eigenvalue weighted by molar-refractivity contribution is -0.170. The Balaban J connectivity index is 1.84. The van der Waals surface area contributed by atoms with Crippen LogP contribution in [0.15, 0.2) is 41.4 Å². The number of fused-ring (bicyclic) bond motifs is 1. The van der Waals surface area contributed by atoms with Crippen LogP contribution < -0.4 is 10.6 Å². The lowest BCUT2D eigenvalue weighted by Crippen LogP contribution is -2.45. The third-order valence-corrected chi connectivity index (χ3v) is 5.51. The highest BCUT2D eigenvalue weighted by atomic mass is 35.5. The predicted molar refractivity (Wildman–Crippen MR) is 111 cm³/mol. The minimum atomic E-state index is -4.76. The smallest absolute Gasteiger partial charge is 0.326 e. The molecule has 2 aromatic rings. The first-order valence-electron chi connectivity index (χ1n) is 8.66. The van der Waals surface area contributed by atoms with Crippen LogP contribution in [0.25, 0.3) is 0 Å². The number of nitrogens with one attached hydrogen (secondary N) is 2. The third kappa shape index (κ3) is 4.00. The molecular weight excluding hydrogens is 446 g/mol. The minimum absolute atomic E-state index is 0.0339. The number of hydrogen-bond donors (Lipinski definition) is 2. The summed E-state index contributed by atoms with van der Waals surface area (Å²) in [5.74, 6) is 4.98. The molecule has 0 bridgehead atoms. The van der Waals surface area contributed by atoms with Crippen LogP contribution in [-0.4, -0.2) is 12.1 Å². The molecule has 1 unspecified atom stereocenters. The molecule has 2 aromatic carbocycles. The van der Waals surface area contributed by atoms with Crippen molar-refractivity contribution in [2.75, 3.05) is 10.6 Å². The Morgan fingerprint density at radius 2 is 1.83 bits per heavy atom. The summed E-state index contributed by atoms with van der Waals surface area (Å²) in [6, 6.07) is 8.84. The van der Waals surface area contributed by atoms with Gasteiger partial charge in [-0.2, -0.15) is 13.2 Å². The van der Waals surface area contributed by atoms with E-state index in [-0.39, 0.29) is 33.2 Å². The summed E-state index contributed by atoms with van der Waals surface area (Å²) in [5, 5.41) is 6.46. The van der Waals surface area contributed by atoms with Crippen molar-refractivity contribution in [1.82, 2.24) is 0 Å². The Hall–Kier alpha value is -2.07. The quantitative estimate of drug-likeness (QED) is 0.466. The van der Waals surface area contributed by atoms with Gasteiger partial charge in [-0.1, -0.05) is 46.6 Å². The van der Waals surface area contributed by atoms with Gasteiger partial charge in [-0.3, -0.25) is 0 Å². The highest BCUT2D eigenvalue weighted by molar-refractivity contribution is 6.42. The van der Waals surface area contributed by atoms with Gasteiger partial charge in [-0.15, -0.1) is 0 Å². The number of benzene rings is 2. The normalized spacial score (nSPS) is 20.7. The van der Waals surface area contributed by atoms with E-state index in [1.54, 1.807) is 6.07 Å². The molecule has 1 heterocycles. The lowest BCUT2D eigenvalue weighted by Gasteiger charge is -2.34. The molecule has 2 aliphatic rings. The molecule has 0 amide bonds. The maximum absolute atomic E-state index is 14.4. The molecule has 1 atom stereocenters. The highest BCUT2D eigenvalue weighted by Crippen LogP contribution is 2.48. The van der Waals surface area contributed by atoms with Gasteiger partial charge < -0.3 is 10.6 Å². The standard InChI is InChI=1S/C20H13Cl3F3N3/c21-12-3-6-17-14(9-12)19(20(24,25)26,8-7-11-1-2-11)29-18(28-17)27-13-4-5-15(22)16(23)10-13/h3-6,9-11H,1-2H2,(H2,27,28,29). The van der Waals surface area contributed by atoms with Crippen LogP contribution in [0.1, 0.15) is 18.4 Å². The van der Waals surface area contributed by atoms with E-state index in [9.17, 15) is 13.2 Å². The molecule has 1 aliphatic heterocycles. The minimum Gasteiger partial charge on any atom is -0.326 e. The van der Waals surface area contributed by atoms with Crippen LogP contribution in [-0.2, 0) is 5.54 Å². The average Bonchev–Trinajstić information content (AvgIpc) is 3.47. The van der Waals surface area contributed by atoms with Crippen LogP contribution >= 0.6 is 34.8 Å². The van der Waals surface area contributed by atoms with E-state index in [1.165, 1.54) is 30.3 Å². The summed E-state index contributed by atoms with van der Waals surface area (Å²) in [7, 11) is 0. The van der Waals surface area contributed by atoms with E-state index in [1.807, 2.05) is 0 Å². The number of nitrogens with zero attached hydrogens (tertiary/aromatic N) is 1. The number of hydrogen-bond acceptors (Lipinski definition) is 3. The van der Waals surface area contributed by atoms with Crippen molar-refractivity contribution in [2.45, 2.75) is 24.6 Å². The molecule has 9 heteroatoms. The van der Waals surface area contributed by atoms with Gasteiger partial charge in [0.15, 0.2) is 0 Å². The van der Waals surface area contributed by atoms with Crippen LogP contribution in [0.2, 0.25) is 15.1 Å². The van der Waals surface area contributed by atoms with E-state index in [0.29, 0.717) is 10.7 Å². The zero-order valence-corrected chi connectivity index (χ0v) is 16.9. The third-order valence-electron chi connectivity index (χ3n) is 4.53. The molecule has 0 spiro atoms. The van der Waals surface area contributed by atoms with Crippen LogP contribution in [0, 0.1) is 17.8 Å². The van der Waals surface area contributed by atoms with Crippen LogP contribution in [0.4, 0.5) is 24.5 Å². The summed E-state index contributed by atoms with van der Waals surface area (Å²) < 4.78 is 43.1. The van der Waals surface area contributed by atoms with Crippen molar-refractivity contribution < 1.29 is 13.2 Å². The van der Waals surface area contributed by atoms with Gasteiger partial charge in [-0.25, -0.2) is 4.99 Å². The van der Waals surface area contributed by atoms with Gasteiger partial charge in [0.2, 0.25) is 11.5 Å². The largest absolute Gasteiger partial charge is 0.429 e. The Labute approximate surface area is 180 Å². The van der Waals surface area contributed by atoms with Crippen molar-refractivity contribution in [3.8, 4) is 11.8 Å². The Morgan fingerprint density at radius 3 is 2.48 bits per heavy atom. The summed E-state index contributed by atoms with van der Waals surface area (Å²) in [5.41, 5.74) is -2.23. The first kappa shape index (κ1) is 20.2. The van der Waals surface area contributed by atoms with E-state index >= 15 is 0 Å². The molecule has 1 fully saturated rings. The zero-order valence-electron chi connectivity index (χ0n) is 14.7. The molecule has 2 N–H and O–H groups in total. The fourth-order valence-electron chi connectivity index (χ4n) is 2.89. The molecule has 4 rings (SSSR count). The van der Waals surface area contributed by atoms with Crippen molar-refractivity contribution in [2.24, 2.45) is 10.9 Å². The number of halogens is 6. The van der Waals surface area contributed by atoms with Crippen LogP contribution in [0.3, 0.4) is 0 Å². The number of rotatable bonds is 1. The van der Waals surface area contributed by atoms with Gasteiger partial charge in [0.1, 0.15) is 0 Å². The molecular formula is C20H13Cl3F3N3. The van der Waals surface area contributed by atoms with E-state index in [4.69, 9.17) is 34.8 Å². The molecule has 0 saturated heterocycles. The average molecular weight is 459 g/mol. The summed E-state index contributed by atoms with van der Waals surface area (Å²) in [4.78, 5) is 3.98. The van der Waals surface area contributed by atoms with Crippen molar-refractivity contribution in [3.63, 3.8) is 0 Å². The SMILES string of the molecule is FC(F)(F)C1(C#CC2CC2)N=C(Nc2ccc(Cl)c(Cl)c2)Nc2ccc(Cl)cc21. The predicted octanol–water partition coefficient (Wildman–Crippen LogP) is 6.71. The highest BCUT2D eigenvalue weighted by Gasteiger charge is 2.58. The monoisotopic (exact) mass is 457 g/mol. The van der Waals surface area contributed by atoms with Gasteiger partial charge in [0, 0.05) is 27.9 Å². The number of guanidine groups is 1. The number of aliphatic imine (C=N–C) groups is 1. The first-order chi connectivity index (χ1) is 13.7.